The molecule has 2 aromatic rings. The predicted molar refractivity (Wildman–Crippen MR) is 112 cm³/mol. The maximum Gasteiger partial charge on any atom is 0.272 e. The van der Waals surface area contributed by atoms with Gasteiger partial charge in [0.2, 0.25) is 11.8 Å². The number of rotatable bonds is 2. The fraction of sp³-hybridized carbons (Fsp3) is 0.478. The minimum Gasteiger partial charge on any atom is -0.342 e. The molecule has 0 unspecified atom stereocenters. The van der Waals surface area contributed by atoms with E-state index in [4.69, 9.17) is 0 Å². The molecule has 1 aromatic heterocycles. The van der Waals surface area contributed by atoms with Gasteiger partial charge >= 0.3 is 0 Å². The Bertz CT molecular complexity index is 1030. The molecule has 4 heterocycles. The van der Waals surface area contributed by atoms with Crippen molar-refractivity contribution in [2.24, 2.45) is 11.3 Å². The van der Waals surface area contributed by atoms with Crippen LogP contribution in [0.5, 0.6) is 0 Å². The molecule has 0 bridgehead atoms. The summed E-state index contributed by atoms with van der Waals surface area (Å²) in [6.07, 6.45) is 2.04. The number of aromatic nitrogens is 1. The molecule has 3 aliphatic rings. The van der Waals surface area contributed by atoms with Crippen LogP contribution in [0.4, 0.5) is 0 Å². The van der Waals surface area contributed by atoms with E-state index in [0.717, 1.165) is 36.8 Å². The van der Waals surface area contributed by atoms with Crippen LogP contribution in [0.3, 0.4) is 0 Å². The Morgan fingerprint density at radius 1 is 0.933 bits per heavy atom. The summed E-state index contributed by atoms with van der Waals surface area (Å²) < 4.78 is 0. The number of carbonyl (C=O) groups excluding carboxylic acids is 3. The van der Waals surface area contributed by atoms with Crippen molar-refractivity contribution in [1.82, 2.24) is 19.7 Å². The third-order valence-electron chi connectivity index (χ3n) is 6.98. The van der Waals surface area contributed by atoms with Gasteiger partial charge in [-0.05, 0) is 25.0 Å². The summed E-state index contributed by atoms with van der Waals surface area (Å²) in [5.41, 5.74) is 0.497. The number of hydrogen-bond donors (Lipinski definition) is 0. The van der Waals surface area contributed by atoms with Crippen LogP contribution in [0.1, 0.15) is 30.3 Å². The number of pyridine rings is 1. The fourth-order valence-corrected chi connectivity index (χ4v) is 5.34. The smallest absolute Gasteiger partial charge is 0.272 e. The van der Waals surface area contributed by atoms with Crippen molar-refractivity contribution >= 4 is 28.6 Å². The fourth-order valence-electron chi connectivity index (χ4n) is 5.34. The second-order valence-electron chi connectivity index (χ2n) is 8.83. The number of amides is 3. The first kappa shape index (κ1) is 19.0. The van der Waals surface area contributed by atoms with Crippen molar-refractivity contribution in [2.45, 2.75) is 19.8 Å². The number of fused-ring (bicyclic) bond motifs is 2. The zero-order valence-electron chi connectivity index (χ0n) is 17.2. The number of benzene rings is 1. The Morgan fingerprint density at radius 3 is 2.40 bits per heavy atom. The summed E-state index contributed by atoms with van der Waals surface area (Å²) in [5, 5.41) is 0.991. The summed E-state index contributed by atoms with van der Waals surface area (Å²) in [6.45, 7) is 4.86. The molecule has 0 spiro atoms. The van der Waals surface area contributed by atoms with Gasteiger partial charge in [-0.3, -0.25) is 14.4 Å². The summed E-state index contributed by atoms with van der Waals surface area (Å²) in [7, 11) is 0. The third-order valence-corrected chi connectivity index (χ3v) is 6.98. The van der Waals surface area contributed by atoms with Crippen molar-refractivity contribution in [1.29, 1.82) is 0 Å². The number of para-hydroxylation sites is 1. The van der Waals surface area contributed by atoms with Crippen LogP contribution in [0.2, 0.25) is 0 Å². The summed E-state index contributed by atoms with van der Waals surface area (Å²) >= 11 is 0. The highest BCUT2D eigenvalue weighted by molar-refractivity contribution is 5.96. The van der Waals surface area contributed by atoms with Gasteiger partial charge in [0.1, 0.15) is 5.69 Å². The van der Waals surface area contributed by atoms with Gasteiger partial charge in [-0.25, -0.2) is 4.98 Å². The molecule has 5 rings (SSSR count). The van der Waals surface area contributed by atoms with Crippen molar-refractivity contribution in [3.63, 3.8) is 0 Å². The minimum atomic E-state index is -0.692. The van der Waals surface area contributed by atoms with Gasteiger partial charge in [0.15, 0.2) is 0 Å². The molecule has 0 aliphatic carbocycles. The van der Waals surface area contributed by atoms with Crippen molar-refractivity contribution in [3.8, 4) is 0 Å². The van der Waals surface area contributed by atoms with Crippen LogP contribution < -0.4 is 0 Å². The highest BCUT2D eigenvalue weighted by Crippen LogP contribution is 2.45. The molecule has 156 valence electrons. The molecule has 0 N–H and O–H groups in total. The molecule has 3 aliphatic heterocycles. The van der Waals surface area contributed by atoms with Crippen LogP contribution in [-0.2, 0) is 9.59 Å². The Kier molecular flexibility index (Phi) is 4.49. The zero-order valence-corrected chi connectivity index (χ0v) is 17.2. The second kappa shape index (κ2) is 7.07. The van der Waals surface area contributed by atoms with E-state index in [0.29, 0.717) is 31.9 Å². The second-order valence-corrected chi connectivity index (χ2v) is 8.83. The van der Waals surface area contributed by atoms with Crippen molar-refractivity contribution in [2.75, 3.05) is 39.3 Å². The average molecular weight is 406 g/mol. The van der Waals surface area contributed by atoms with Crippen LogP contribution in [0.25, 0.3) is 10.9 Å². The molecule has 7 nitrogen and oxygen atoms in total. The maximum atomic E-state index is 13.5. The lowest BCUT2D eigenvalue weighted by molar-refractivity contribution is -0.141. The van der Waals surface area contributed by atoms with Crippen molar-refractivity contribution in [3.05, 3.63) is 42.1 Å². The quantitative estimate of drug-likeness (QED) is 0.762. The molecule has 0 radical (unpaired) electrons. The summed E-state index contributed by atoms with van der Waals surface area (Å²) in [5.74, 6) is -0.0698. The number of nitrogens with zero attached hydrogens (tertiary/aromatic N) is 4. The van der Waals surface area contributed by atoms with Gasteiger partial charge < -0.3 is 14.7 Å². The van der Waals surface area contributed by atoms with Gasteiger partial charge in [-0.1, -0.05) is 24.3 Å². The monoisotopic (exact) mass is 406 g/mol. The standard InChI is InChI=1S/C23H26N4O3/c1-16(28)26-12-18-13-27(15-23(18,14-26)22(30)25-10-4-5-11-25)21(29)20-9-8-17-6-2-3-7-19(17)24-20/h2-3,6-9,18H,4-5,10-15H2,1H3/t18-,23-/m0/s1. The minimum absolute atomic E-state index is 0.00734. The van der Waals surface area contributed by atoms with E-state index in [9.17, 15) is 14.4 Å². The van der Waals surface area contributed by atoms with Crippen LogP contribution in [0, 0.1) is 11.3 Å². The number of likely N-dealkylation sites (tertiary alicyclic amines) is 3. The van der Waals surface area contributed by atoms with Gasteiger partial charge in [0.25, 0.3) is 5.91 Å². The van der Waals surface area contributed by atoms with E-state index in [1.54, 1.807) is 22.8 Å². The summed E-state index contributed by atoms with van der Waals surface area (Å²) in [4.78, 5) is 48.9. The van der Waals surface area contributed by atoms with Gasteiger partial charge in [0.05, 0.1) is 10.9 Å². The van der Waals surface area contributed by atoms with E-state index < -0.39 is 5.41 Å². The van der Waals surface area contributed by atoms with E-state index in [1.807, 2.05) is 35.2 Å². The highest BCUT2D eigenvalue weighted by Gasteiger charge is 2.59. The Balaban J connectivity index is 1.43. The first-order chi connectivity index (χ1) is 14.5. The molecular formula is C23H26N4O3. The summed E-state index contributed by atoms with van der Waals surface area (Å²) in [6, 6.07) is 11.4. The average Bonchev–Trinajstić information content (AvgIpc) is 3.47. The predicted octanol–water partition coefficient (Wildman–Crippen LogP) is 1.78. The molecule has 3 fully saturated rings. The van der Waals surface area contributed by atoms with Crippen LogP contribution in [0.15, 0.2) is 36.4 Å². The molecule has 0 saturated carbocycles. The third kappa shape index (κ3) is 2.95. The van der Waals surface area contributed by atoms with E-state index in [1.165, 1.54) is 0 Å². The molecule has 2 atom stereocenters. The Morgan fingerprint density at radius 2 is 1.63 bits per heavy atom. The van der Waals surface area contributed by atoms with Crippen molar-refractivity contribution < 1.29 is 14.4 Å². The number of carbonyl (C=O) groups is 3. The SMILES string of the molecule is CC(=O)N1C[C@H]2CN(C(=O)c3ccc4ccccc4n3)C[C@@]2(C(=O)N2CCCC2)C1. The topological polar surface area (TPSA) is 73.8 Å². The normalized spacial score (nSPS) is 25.8. The lowest BCUT2D eigenvalue weighted by Gasteiger charge is -2.32. The molecule has 1 aromatic carbocycles. The molecule has 3 saturated heterocycles. The van der Waals surface area contributed by atoms with Crippen LogP contribution in [-0.4, -0.2) is 76.7 Å². The van der Waals surface area contributed by atoms with E-state index in [2.05, 4.69) is 4.98 Å². The van der Waals surface area contributed by atoms with Gasteiger partial charge in [-0.2, -0.15) is 0 Å². The lowest BCUT2D eigenvalue weighted by atomic mass is 9.79. The van der Waals surface area contributed by atoms with E-state index >= 15 is 0 Å². The largest absolute Gasteiger partial charge is 0.342 e. The van der Waals surface area contributed by atoms with Crippen LogP contribution >= 0.6 is 0 Å². The van der Waals surface area contributed by atoms with Gasteiger partial charge in [0, 0.05) is 57.5 Å². The Labute approximate surface area is 175 Å². The zero-order chi connectivity index (χ0) is 20.9. The molecule has 7 heteroatoms. The number of hydrogen-bond acceptors (Lipinski definition) is 4. The maximum absolute atomic E-state index is 13.5. The Hall–Kier alpha value is -2.96. The lowest BCUT2D eigenvalue weighted by Crippen LogP contribution is -2.49. The van der Waals surface area contributed by atoms with Gasteiger partial charge in [-0.15, -0.1) is 0 Å². The first-order valence-corrected chi connectivity index (χ1v) is 10.7. The molecule has 30 heavy (non-hydrogen) atoms. The highest BCUT2D eigenvalue weighted by atomic mass is 16.2. The van der Waals surface area contributed by atoms with E-state index in [-0.39, 0.29) is 23.6 Å². The molecule has 3 amide bonds. The molecular weight excluding hydrogens is 380 g/mol. The first-order valence-electron chi connectivity index (χ1n) is 10.7.